The van der Waals surface area contributed by atoms with Crippen molar-refractivity contribution >= 4 is 40.1 Å². The highest BCUT2D eigenvalue weighted by atomic mass is 35.5. The Bertz CT molecular complexity index is 478. The second-order valence-corrected chi connectivity index (χ2v) is 5.00. The molecule has 0 unspecified atom stereocenters. The quantitative estimate of drug-likeness (QED) is 0.842. The standard InChI is InChI=1S/C10H8ClFN2OS/c1-5-9(15)14-10(16-5)13-6-2-3-8(12)7(11)4-6/h2-5H,1H3,(H,13,14,15)/t5-/m0/s1. The zero-order valence-electron chi connectivity index (χ0n) is 8.33. The summed E-state index contributed by atoms with van der Waals surface area (Å²) in [5, 5.41) is 3.01. The summed E-state index contributed by atoms with van der Waals surface area (Å²) in [4.78, 5) is 15.4. The molecule has 0 bridgehead atoms. The summed E-state index contributed by atoms with van der Waals surface area (Å²) >= 11 is 6.95. The zero-order chi connectivity index (χ0) is 11.7. The number of amidine groups is 1. The van der Waals surface area contributed by atoms with Gasteiger partial charge in [0.1, 0.15) is 5.82 Å². The Morgan fingerprint density at radius 1 is 1.56 bits per heavy atom. The smallest absolute Gasteiger partial charge is 0.239 e. The van der Waals surface area contributed by atoms with E-state index in [-0.39, 0.29) is 16.2 Å². The van der Waals surface area contributed by atoms with Crippen LogP contribution in [0.3, 0.4) is 0 Å². The number of amides is 1. The Morgan fingerprint density at radius 2 is 2.31 bits per heavy atom. The maximum Gasteiger partial charge on any atom is 0.239 e. The maximum atomic E-state index is 12.9. The predicted molar refractivity (Wildman–Crippen MR) is 63.7 cm³/mol. The minimum Gasteiger partial charge on any atom is -0.304 e. The average molecular weight is 259 g/mol. The first-order valence-corrected chi connectivity index (χ1v) is 5.83. The maximum absolute atomic E-state index is 12.9. The van der Waals surface area contributed by atoms with Gasteiger partial charge in [-0.2, -0.15) is 0 Å². The van der Waals surface area contributed by atoms with Crippen LogP contribution in [-0.4, -0.2) is 16.3 Å². The molecule has 3 nitrogen and oxygen atoms in total. The van der Waals surface area contributed by atoms with E-state index >= 15 is 0 Å². The van der Waals surface area contributed by atoms with Crippen molar-refractivity contribution in [3.63, 3.8) is 0 Å². The highest BCUT2D eigenvalue weighted by Gasteiger charge is 2.25. The molecule has 1 fully saturated rings. The second-order valence-electron chi connectivity index (χ2n) is 3.26. The molecule has 6 heteroatoms. The van der Waals surface area contributed by atoms with E-state index in [2.05, 4.69) is 10.3 Å². The van der Waals surface area contributed by atoms with Crippen LogP contribution in [0.25, 0.3) is 0 Å². The molecule has 1 atom stereocenters. The first-order chi connectivity index (χ1) is 7.56. The van der Waals surface area contributed by atoms with Gasteiger partial charge >= 0.3 is 0 Å². The summed E-state index contributed by atoms with van der Waals surface area (Å²) in [5.41, 5.74) is 0.517. The summed E-state index contributed by atoms with van der Waals surface area (Å²) in [6, 6.07) is 4.16. The van der Waals surface area contributed by atoms with E-state index in [0.29, 0.717) is 10.9 Å². The van der Waals surface area contributed by atoms with E-state index in [1.165, 1.54) is 30.0 Å². The number of nitrogens with zero attached hydrogens (tertiary/aromatic N) is 1. The molecule has 2 rings (SSSR count). The minimum absolute atomic E-state index is 0.0178. The molecule has 0 radical (unpaired) electrons. The normalized spacial score (nSPS) is 22.6. The van der Waals surface area contributed by atoms with E-state index in [1.807, 2.05) is 0 Å². The fourth-order valence-electron chi connectivity index (χ4n) is 1.18. The van der Waals surface area contributed by atoms with Gasteiger partial charge in [0, 0.05) is 0 Å². The Balaban J connectivity index is 2.24. The van der Waals surface area contributed by atoms with Gasteiger partial charge in [0.05, 0.1) is 16.0 Å². The number of thioether (sulfide) groups is 1. The van der Waals surface area contributed by atoms with Crippen LogP contribution in [0.1, 0.15) is 6.92 Å². The van der Waals surface area contributed by atoms with E-state index in [1.54, 1.807) is 6.92 Å². The van der Waals surface area contributed by atoms with E-state index in [9.17, 15) is 9.18 Å². The molecule has 0 spiro atoms. The first-order valence-electron chi connectivity index (χ1n) is 4.57. The lowest BCUT2D eigenvalue weighted by Gasteiger charge is -1.98. The Kier molecular flexibility index (Phi) is 3.16. The number of halogens is 2. The summed E-state index contributed by atoms with van der Waals surface area (Å²) < 4.78 is 12.9. The van der Waals surface area contributed by atoms with Crippen molar-refractivity contribution in [1.82, 2.24) is 5.32 Å². The average Bonchev–Trinajstić information content (AvgIpc) is 2.52. The SMILES string of the molecule is C[C@@H]1SC(=Nc2ccc(F)c(Cl)c2)NC1=O. The molecule has 0 aliphatic carbocycles. The molecular weight excluding hydrogens is 251 g/mol. The molecule has 0 saturated carbocycles. The molecule has 1 aromatic rings. The number of hydrogen-bond donors (Lipinski definition) is 1. The van der Waals surface area contributed by atoms with Crippen molar-refractivity contribution in [1.29, 1.82) is 0 Å². The third-order valence-electron chi connectivity index (χ3n) is 2.02. The summed E-state index contributed by atoms with van der Waals surface area (Å²) in [6.07, 6.45) is 0. The fraction of sp³-hybridized carbons (Fsp3) is 0.200. The van der Waals surface area contributed by atoms with Crippen LogP contribution in [0, 0.1) is 5.82 Å². The Morgan fingerprint density at radius 3 is 2.88 bits per heavy atom. The predicted octanol–water partition coefficient (Wildman–Crippen LogP) is 2.72. The van der Waals surface area contributed by atoms with Crippen LogP contribution >= 0.6 is 23.4 Å². The van der Waals surface area contributed by atoms with Crippen LogP contribution in [0.15, 0.2) is 23.2 Å². The van der Waals surface area contributed by atoms with Crippen LogP contribution in [0.4, 0.5) is 10.1 Å². The molecule has 16 heavy (non-hydrogen) atoms. The summed E-state index contributed by atoms with van der Waals surface area (Å²) in [7, 11) is 0. The summed E-state index contributed by atoms with van der Waals surface area (Å²) in [6.45, 7) is 1.79. The number of nitrogens with one attached hydrogen (secondary N) is 1. The first kappa shape index (κ1) is 11.4. The van der Waals surface area contributed by atoms with Crippen molar-refractivity contribution in [3.05, 3.63) is 29.0 Å². The largest absolute Gasteiger partial charge is 0.304 e. The van der Waals surface area contributed by atoms with Crippen molar-refractivity contribution in [2.45, 2.75) is 12.2 Å². The number of carbonyl (C=O) groups is 1. The fourth-order valence-corrected chi connectivity index (χ4v) is 2.18. The van der Waals surface area contributed by atoms with E-state index in [0.717, 1.165) is 0 Å². The highest BCUT2D eigenvalue weighted by molar-refractivity contribution is 8.15. The van der Waals surface area contributed by atoms with Gasteiger partial charge in [-0.05, 0) is 25.1 Å². The van der Waals surface area contributed by atoms with Gasteiger partial charge in [-0.3, -0.25) is 4.79 Å². The number of hydrogen-bond acceptors (Lipinski definition) is 3. The lowest BCUT2D eigenvalue weighted by molar-refractivity contribution is -0.118. The lowest BCUT2D eigenvalue weighted by atomic mass is 10.3. The zero-order valence-corrected chi connectivity index (χ0v) is 9.90. The van der Waals surface area contributed by atoms with Crippen molar-refractivity contribution in [3.8, 4) is 0 Å². The molecule has 84 valence electrons. The molecule has 1 saturated heterocycles. The van der Waals surface area contributed by atoms with Gasteiger partial charge in [-0.25, -0.2) is 9.38 Å². The Labute approximate surface area is 101 Å². The molecule has 1 aliphatic rings. The number of aliphatic imine (C=N–C) groups is 1. The molecule has 1 heterocycles. The number of benzene rings is 1. The van der Waals surface area contributed by atoms with Crippen LogP contribution in [-0.2, 0) is 4.79 Å². The van der Waals surface area contributed by atoms with Gasteiger partial charge in [0.2, 0.25) is 5.91 Å². The number of carbonyl (C=O) groups excluding carboxylic acids is 1. The molecule has 1 N–H and O–H groups in total. The second kappa shape index (κ2) is 4.43. The van der Waals surface area contributed by atoms with Gasteiger partial charge in [-0.15, -0.1) is 0 Å². The molecule has 1 aromatic carbocycles. The third kappa shape index (κ3) is 2.36. The monoisotopic (exact) mass is 258 g/mol. The minimum atomic E-state index is -0.484. The highest BCUT2D eigenvalue weighted by Crippen LogP contribution is 2.25. The summed E-state index contributed by atoms with van der Waals surface area (Å²) in [5.74, 6) is -0.556. The molecular formula is C10H8ClFN2OS. The van der Waals surface area contributed by atoms with Crippen molar-refractivity contribution < 1.29 is 9.18 Å². The van der Waals surface area contributed by atoms with Crippen LogP contribution in [0.5, 0.6) is 0 Å². The molecule has 1 amide bonds. The van der Waals surface area contributed by atoms with E-state index in [4.69, 9.17) is 11.6 Å². The third-order valence-corrected chi connectivity index (χ3v) is 3.30. The van der Waals surface area contributed by atoms with Crippen LogP contribution < -0.4 is 5.32 Å². The van der Waals surface area contributed by atoms with Gasteiger partial charge in [0.15, 0.2) is 5.17 Å². The molecule has 0 aromatic heterocycles. The van der Waals surface area contributed by atoms with E-state index < -0.39 is 5.82 Å². The molecule has 1 aliphatic heterocycles. The Hall–Kier alpha value is -1.07. The van der Waals surface area contributed by atoms with Crippen molar-refractivity contribution in [2.75, 3.05) is 0 Å². The number of rotatable bonds is 1. The van der Waals surface area contributed by atoms with Crippen LogP contribution in [0.2, 0.25) is 5.02 Å². The topological polar surface area (TPSA) is 41.5 Å². The van der Waals surface area contributed by atoms with Gasteiger partial charge in [0.25, 0.3) is 0 Å². The van der Waals surface area contributed by atoms with Gasteiger partial charge in [-0.1, -0.05) is 23.4 Å². The van der Waals surface area contributed by atoms with Gasteiger partial charge < -0.3 is 5.32 Å². The lowest BCUT2D eigenvalue weighted by Crippen LogP contribution is -2.23. The van der Waals surface area contributed by atoms with Crippen molar-refractivity contribution in [2.24, 2.45) is 4.99 Å².